The van der Waals surface area contributed by atoms with Crippen LogP contribution in [0.2, 0.25) is 0 Å². The number of imidazole rings is 1. The predicted molar refractivity (Wildman–Crippen MR) is 103 cm³/mol. The zero-order chi connectivity index (χ0) is 20.2. The first-order valence-electron chi connectivity index (χ1n) is 9.67. The van der Waals surface area contributed by atoms with Gasteiger partial charge in [0.2, 0.25) is 5.91 Å². The molecule has 0 unspecified atom stereocenters. The van der Waals surface area contributed by atoms with Crippen LogP contribution in [0.3, 0.4) is 0 Å². The molecule has 154 valence electrons. The highest BCUT2D eigenvalue weighted by atomic mass is 32.2. The van der Waals surface area contributed by atoms with Crippen LogP contribution in [0.25, 0.3) is 0 Å². The lowest BCUT2D eigenvalue weighted by atomic mass is 10.1. The Balaban J connectivity index is 1.66. The lowest BCUT2D eigenvalue weighted by Crippen LogP contribution is -2.41. The number of rotatable bonds is 3. The van der Waals surface area contributed by atoms with Crippen molar-refractivity contribution in [3.63, 3.8) is 0 Å². The minimum absolute atomic E-state index is 0.0475. The third kappa shape index (κ3) is 3.11. The number of hydrogen-bond donors (Lipinski definition) is 0. The Bertz CT molecular complexity index is 1080. The zero-order valence-corrected chi connectivity index (χ0v) is 16.9. The molecule has 1 saturated carbocycles. The van der Waals surface area contributed by atoms with E-state index in [-0.39, 0.29) is 29.9 Å². The summed E-state index contributed by atoms with van der Waals surface area (Å²) in [5.41, 5.74) is 1.18. The Morgan fingerprint density at radius 2 is 1.97 bits per heavy atom. The minimum atomic E-state index is -3.93. The van der Waals surface area contributed by atoms with Crippen LogP contribution in [0.5, 0.6) is 11.5 Å². The van der Waals surface area contributed by atoms with Crippen molar-refractivity contribution < 1.29 is 22.7 Å². The standard InChI is InChI=1S/C19H22N4O5S/c1-21-11-17(20-12-21)29(25,26)23-7-6-18(24)22(13-2-3-13)10-14-15(23)4-5-16-19(14)28-9-8-27-16/h4-5,11-13H,2-3,6-10H2,1H3. The SMILES string of the molecule is Cn1cnc(S(=O)(=O)N2CCC(=O)N(C3CC3)Cc3c2ccc2c3OCCO2)c1. The maximum Gasteiger partial charge on any atom is 0.283 e. The highest BCUT2D eigenvalue weighted by Crippen LogP contribution is 2.44. The van der Waals surface area contributed by atoms with Crippen LogP contribution in [-0.4, -0.2) is 54.6 Å². The molecule has 0 N–H and O–H groups in total. The van der Waals surface area contributed by atoms with Gasteiger partial charge in [0.1, 0.15) is 13.2 Å². The molecule has 0 radical (unpaired) electrons. The number of amides is 1. The summed E-state index contributed by atoms with van der Waals surface area (Å²) < 4.78 is 41.2. The number of aryl methyl sites for hydroxylation is 1. The molecular formula is C19H22N4O5S. The van der Waals surface area contributed by atoms with E-state index in [1.54, 1.807) is 23.7 Å². The summed E-state index contributed by atoms with van der Waals surface area (Å²) in [6.07, 6.45) is 4.98. The van der Waals surface area contributed by atoms with Gasteiger partial charge < -0.3 is 18.9 Å². The van der Waals surface area contributed by atoms with Crippen LogP contribution in [0.1, 0.15) is 24.8 Å². The third-order valence-electron chi connectivity index (χ3n) is 5.46. The number of benzene rings is 1. The average molecular weight is 418 g/mol. The van der Waals surface area contributed by atoms with Crippen LogP contribution >= 0.6 is 0 Å². The van der Waals surface area contributed by atoms with E-state index in [0.717, 1.165) is 12.8 Å². The lowest BCUT2D eigenvalue weighted by Gasteiger charge is -2.34. The molecule has 0 atom stereocenters. The number of nitrogens with zero attached hydrogens (tertiary/aromatic N) is 4. The van der Waals surface area contributed by atoms with Crippen molar-refractivity contribution in [3.8, 4) is 11.5 Å². The predicted octanol–water partition coefficient (Wildman–Crippen LogP) is 1.28. The van der Waals surface area contributed by atoms with E-state index < -0.39 is 10.0 Å². The molecule has 3 heterocycles. The first kappa shape index (κ1) is 18.3. The molecular weight excluding hydrogens is 396 g/mol. The summed E-state index contributed by atoms with van der Waals surface area (Å²) in [6.45, 7) is 1.17. The van der Waals surface area contributed by atoms with Crippen molar-refractivity contribution in [1.29, 1.82) is 0 Å². The lowest BCUT2D eigenvalue weighted by molar-refractivity contribution is -0.132. The quantitative estimate of drug-likeness (QED) is 0.745. The minimum Gasteiger partial charge on any atom is -0.486 e. The summed E-state index contributed by atoms with van der Waals surface area (Å²) in [6, 6.07) is 3.69. The highest BCUT2D eigenvalue weighted by Gasteiger charge is 2.39. The van der Waals surface area contributed by atoms with Gasteiger partial charge in [0.15, 0.2) is 16.5 Å². The molecule has 2 aliphatic heterocycles. The van der Waals surface area contributed by atoms with Crippen molar-refractivity contribution in [2.75, 3.05) is 24.1 Å². The fourth-order valence-corrected chi connectivity index (χ4v) is 5.34. The molecule has 2 aromatic rings. The van der Waals surface area contributed by atoms with E-state index in [0.29, 0.717) is 42.5 Å². The molecule has 1 aromatic heterocycles. The maximum atomic E-state index is 13.4. The summed E-state index contributed by atoms with van der Waals surface area (Å²) in [5, 5.41) is -0.0482. The van der Waals surface area contributed by atoms with Gasteiger partial charge in [0.25, 0.3) is 10.0 Å². The highest BCUT2D eigenvalue weighted by molar-refractivity contribution is 7.92. The molecule has 0 saturated heterocycles. The van der Waals surface area contributed by atoms with Crippen molar-refractivity contribution in [1.82, 2.24) is 14.5 Å². The van der Waals surface area contributed by atoms with Crippen molar-refractivity contribution in [2.24, 2.45) is 7.05 Å². The van der Waals surface area contributed by atoms with Gasteiger partial charge in [-0.2, -0.15) is 8.42 Å². The van der Waals surface area contributed by atoms with Crippen LogP contribution < -0.4 is 13.8 Å². The number of carbonyl (C=O) groups excluding carboxylic acids is 1. The molecule has 1 amide bonds. The number of anilines is 1. The largest absolute Gasteiger partial charge is 0.486 e. The zero-order valence-electron chi connectivity index (χ0n) is 16.1. The maximum absolute atomic E-state index is 13.4. The number of aromatic nitrogens is 2. The molecule has 0 spiro atoms. The van der Waals surface area contributed by atoms with Crippen LogP contribution in [0, 0.1) is 0 Å². The summed E-state index contributed by atoms with van der Waals surface area (Å²) in [5.74, 6) is 1.05. The van der Waals surface area contributed by atoms with Crippen LogP contribution in [-0.2, 0) is 28.4 Å². The molecule has 3 aliphatic rings. The molecule has 9 nitrogen and oxygen atoms in total. The van der Waals surface area contributed by atoms with Gasteiger partial charge in [-0.25, -0.2) is 4.98 Å². The van der Waals surface area contributed by atoms with E-state index in [9.17, 15) is 13.2 Å². The second-order valence-electron chi connectivity index (χ2n) is 7.54. The summed E-state index contributed by atoms with van der Waals surface area (Å²) in [4.78, 5) is 18.7. The third-order valence-corrected chi connectivity index (χ3v) is 7.16. The Morgan fingerprint density at radius 1 is 1.17 bits per heavy atom. The molecule has 0 bridgehead atoms. The Kier molecular flexibility index (Phi) is 4.19. The smallest absolute Gasteiger partial charge is 0.283 e. The van der Waals surface area contributed by atoms with Crippen LogP contribution in [0.4, 0.5) is 5.69 Å². The molecule has 29 heavy (non-hydrogen) atoms. The first-order valence-corrected chi connectivity index (χ1v) is 11.1. The molecule has 1 fully saturated rings. The first-order chi connectivity index (χ1) is 13.9. The normalized spacial score (nSPS) is 19.6. The van der Waals surface area contributed by atoms with E-state index in [1.807, 2.05) is 4.90 Å². The molecule has 1 aromatic carbocycles. The fraction of sp³-hybridized carbons (Fsp3) is 0.474. The van der Waals surface area contributed by atoms with Crippen LogP contribution in [0.15, 0.2) is 29.7 Å². The Morgan fingerprint density at radius 3 is 2.69 bits per heavy atom. The van der Waals surface area contributed by atoms with Gasteiger partial charge in [0, 0.05) is 37.8 Å². The van der Waals surface area contributed by atoms with Gasteiger partial charge in [-0.1, -0.05) is 0 Å². The Hall–Kier alpha value is -2.75. The number of ether oxygens (including phenoxy) is 2. The van der Waals surface area contributed by atoms with Crippen molar-refractivity contribution >= 4 is 21.6 Å². The Labute approximate surface area is 168 Å². The van der Waals surface area contributed by atoms with E-state index in [2.05, 4.69) is 4.98 Å². The van der Waals surface area contributed by atoms with Crippen molar-refractivity contribution in [2.45, 2.75) is 36.9 Å². The number of sulfonamides is 1. The van der Waals surface area contributed by atoms with E-state index >= 15 is 0 Å². The van der Waals surface area contributed by atoms with Crippen molar-refractivity contribution in [3.05, 3.63) is 30.2 Å². The summed E-state index contributed by atoms with van der Waals surface area (Å²) >= 11 is 0. The van der Waals surface area contributed by atoms with Gasteiger partial charge >= 0.3 is 0 Å². The van der Waals surface area contributed by atoms with E-state index in [1.165, 1.54) is 16.8 Å². The monoisotopic (exact) mass is 418 g/mol. The van der Waals surface area contributed by atoms with Gasteiger partial charge in [-0.15, -0.1) is 0 Å². The topological polar surface area (TPSA) is 94.0 Å². The fourth-order valence-electron chi connectivity index (χ4n) is 3.87. The molecule has 1 aliphatic carbocycles. The van der Waals surface area contributed by atoms with Gasteiger partial charge in [-0.05, 0) is 25.0 Å². The van der Waals surface area contributed by atoms with Gasteiger partial charge in [-0.3, -0.25) is 9.10 Å². The summed E-state index contributed by atoms with van der Waals surface area (Å²) in [7, 11) is -2.22. The number of fused-ring (bicyclic) bond motifs is 3. The van der Waals surface area contributed by atoms with E-state index in [4.69, 9.17) is 9.47 Å². The average Bonchev–Trinajstić information content (AvgIpc) is 3.44. The number of carbonyl (C=O) groups is 1. The second kappa shape index (κ2) is 6.65. The second-order valence-corrected chi connectivity index (χ2v) is 9.35. The van der Waals surface area contributed by atoms with Gasteiger partial charge in [0.05, 0.1) is 18.6 Å². The molecule has 5 rings (SSSR count). The molecule has 10 heteroatoms. The number of hydrogen-bond acceptors (Lipinski definition) is 6.